The van der Waals surface area contributed by atoms with Crippen molar-refractivity contribution in [2.24, 2.45) is 0 Å². The van der Waals surface area contributed by atoms with Crippen LogP contribution < -0.4 is 5.32 Å². The summed E-state index contributed by atoms with van der Waals surface area (Å²) in [5, 5.41) is 2.99. The zero-order chi connectivity index (χ0) is 16.1. The van der Waals surface area contributed by atoms with E-state index in [2.05, 4.69) is 15.3 Å². The van der Waals surface area contributed by atoms with Crippen LogP contribution in [0.3, 0.4) is 0 Å². The molecule has 1 aliphatic rings. The fraction of sp³-hybridized carbons (Fsp3) is 0.571. The van der Waals surface area contributed by atoms with Crippen LogP contribution in [0, 0.1) is 0 Å². The average Bonchev–Trinajstić information content (AvgIpc) is 2.54. The number of piperazine rings is 1. The number of nitrogens with zero attached hydrogens (tertiary/aromatic N) is 5. The standard InChI is InChI=1S/C14H22N6O2/c1-4-15-13-16-9-11(10-17-13)12(21)19-5-7-20(8-6-19)14(22)18(2)3/h9-10H,4-8H2,1-3H3,(H,15,16,17). The highest BCUT2D eigenvalue weighted by atomic mass is 16.2. The summed E-state index contributed by atoms with van der Waals surface area (Å²) >= 11 is 0. The smallest absolute Gasteiger partial charge is 0.319 e. The van der Waals surface area contributed by atoms with E-state index >= 15 is 0 Å². The van der Waals surface area contributed by atoms with Gasteiger partial charge in [0.25, 0.3) is 5.91 Å². The molecule has 0 unspecified atom stereocenters. The second kappa shape index (κ2) is 7.06. The van der Waals surface area contributed by atoms with Crippen molar-refractivity contribution in [3.05, 3.63) is 18.0 Å². The maximum absolute atomic E-state index is 12.4. The third kappa shape index (κ3) is 3.63. The second-order valence-electron chi connectivity index (χ2n) is 5.28. The Balaban J connectivity index is 1.93. The molecule has 1 aromatic rings. The number of anilines is 1. The summed E-state index contributed by atoms with van der Waals surface area (Å²) in [5.74, 6) is 0.417. The van der Waals surface area contributed by atoms with Gasteiger partial charge in [0.05, 0.1) is 5.56 Å². The predicted octanol–water partition coefficient (Wildman–Crippen LogP) is 0.348. The minimum absolute atomic E-state index is 0.0228. The summed E-state index contributed by atoms with van der Waals surface area (Å²) in [6.45, 7) is 4.81. The van der Waals surface area contributed by atoms with Crippen molar-refractivity contribution in [1.82, 2.24) is 24.7 Å². The largest absolute Gasteiger partial charge is 0.355 e. The molecule has 22 heavy (non-hydrogen) atoms. The van der Waals surface area contributed by atoms with Gasteiger partial charge in [-0.15, -0.1) is 0 Å². The van der Waals surface area contributed by atoms with Crippen LogP contribution in [-0.2, 0) is 0 Å². The van der Waals surface area contributed by atoms with Crippen LogP contribution in [0.2, 0.25) is 0 Å². The van der Waals surface area contributed by atoms with E-state index in [4.69, 9.17) is 0 Å². The molecule has 0 spiro atoms. The lowest BCUT2D eigenvalue weighted by molar-refractivity contribution is 0.0649. The first-order valence-corrected chi connectivity index (χ1v) is 7.34. The van der Waals surface area contributed by atoms with E-state index in [-0.39, 0.29) is 11.9 Å². The molecule has 1 fully saturated rings. The average molecular weight is 306 g/mol. The lowest BCUT2D eigenvalue weighted by atomic mass is 10.2. The molecule has 0 radical (unpaired) electrons. The Bertz CT molecular complexity index is 523. The zero-order valence-electron chi connectivity index (χ0n) is 13.2. The van der Waals surface area contributed by atoms with E-state index in [1.807, 2.05) is 6.92 Å². The molecule has 0 saturated carbocycles. The molecule has 2 rings (SSSR count). The van der Waals surface area contributed by atoms with E-state index in [1.165, 1.54) is 12.4 Å². The first-order valence-electron chi connectivity index (χ1n) is 7.34. The highest BCUT2D eigenvalue weighted by Gasteiger charge is 2.25. The minimum atomic E-state index is -0.0972. The van der Waals surface area contributed by atoms with Crippen molar-refractivity contribution in [3.8, 4) is 0 Å². The van der Waals surface area contributed by atoms with Gasteiger partial charge in [-0.05, 0) is 6.92 Å². The SMILES string of the molecule is CCNc1ncc(C(=O)N2CCN(C(=O)N(C)C)CC2)cn1. The Morgan fingerprint density at radius 1 is 1.14 bits per heavy atom. The summed E-state index contributed by atoms with van der Waals surface area (Å²) in [6, 6.07) is -0.0228. The quantitative estimate of drug-likeness (QED) is 0.871. The number of urea groups is 1. The minimum Gasteiger partial charge on any atom is -0.355 e. The Labute approximate surface area is 130 Å². The fourth-order valence-electron chi connectivity index (χ4n) is 2.25. The molecule has 1 aliphatic heterocycles. The summed E-state index contributed by atoms with van der Waals surface area (Å²) in [5.41, 5.74) is 0.467. The van der Waals surface area contributed by atoms with E-state index in [1.54, 1.807) is 28.8 Å². The molecule has 8 nitrogen and oxygen atoms in total. The molecule has 120 valence electrons. The van der Waals surface area contributed by atoms with Crippen LogP contribution >= 0.6 is 0 Å². The number of carbonyl (C=O) groups is 2. The third-order valence-corrected chi connectivity index (χ3v) is 3.45. The second-order valence-corrected chi connectivity index (χ2v) is 5.28. The van der Waals surface area contributed by atoms with Gasteiger partial charge in [0.2, 0.25) is 5.95 Å². The number of hydrogen-bond donors (Lipinski definition) is 1. The van der Waals surface area contributed by atoms with Gasteiger partial charge < -0.3 is 20.0 Å². The molecule has 1 saturated heterocycles. The molecular weight excluding hydrogens is 284 g/mol. The first kappa shape index (κ1) is 16.0. The van der Waals surface area contributed by atoms with Gasteiger partial charge in [-0.3, -0.25) is 4.79 Å². The zero-order valence-corrected chi connectivity index (χ0v) is 13.2. The van der Waals surface area contributed by atoms with Gasteiger partial charge in [-0.25, -0.2) is 14.8 Å². The van der Waals surface area contributed by atoms with Crippen LogP contribution in [0.25, 0.3) is 0 Å². The van der Waals surface area contributed by atoms with Crippen molar-refractivity contribution in [1.29, 1.82) is 0 Å². The van der Waals surface area contributed by atoms with Gasteiger partial charge >= 0.3 is 6.03 Å². The normalized spacial score (nSPS) is 14.7. The maximum atomic E-state index is 12.4. The third-order valence-electron chi connectivity index (χ3n) is 3.45. The Hall–Kier alpha value is -2.38. The molecule has 3 amide bonds. The molecule has 1 N–H and O–H groups in total. The van der Waals surface area contributed by atoms with Crippen molar-refractivity contribution in [2.75, 3.05) is 52.1 Å². The Morgan fingerprint density at radius 2 is 1.68 bits per heavy atom. The molecule has 1 aromatic heterocycles. The van der Waals surface area contributed by atoms with Gasteiger partial charge in [0.15, 0.2) is 0 Å². The topological polar surface area (TPSA) is 81.7 Å². The maximum Gasteiger partial charge on any atom is 0.319 e. The van der Waals surface area contributed by atoms with Crippen LogP contribution in [-0.4, -0.2) is 83.4 Å². The van der Waals surface area contributed by atoms with Crippen LogP contribution in [0.5, 0.6) is 0 Å². The predicted molar refractivity (Wildman–Crippen MR) is 82.8 cm³/mol. The van der Waals surface area contributed by atoms with Crippen LogP contribution in [0.1, 0.15) is 17.3 Å². The summed E-state index contributed by atoms with van der Waals surface area (Å²) in [6.07, 6.45) is 3.06. The summed E-state index contributed by atoms with van der Waals surface area (Å²) in [4.78, 5) is 37.5. The van der Waals surface area contributed by atoms with E-state index in [0.717, 1.165) is 6.54 Å². The van der Waals surface area contributed by atoms with E-state index in [0.29, 0.717) is 37.7 Å². The molecule has 8 heteroatoms. The van der Waals surface area contributed by atoms with Crippen molar-refractivity contribution < 1.29 is 9.59 Å². The molecule has 0 aliphatic carbocycles. The summed E-state index contributed by atoms with van der Waals surface area (Å²) < 4.78 is 0. The number of amides is 3. The first-order chi connectivity index (χ1) is 10.5. The van der Waals surface area contributed by atoms with Crippen LogP contribution in [0.4, 0.5) is 10.7 Å². The number of nitrogens with one attached hydrogen (secondary N) is 1. The lowest BCUT2D eigenvalue weighted by Crippen LogP contribution is -2.52. The number of hydrogen-bond acceptors (Lipinski definition) is 5. The lowest BCUT2D eigenvalue weighted by Gasteiger charge is -2.35. The molecule has 2 heterocycles. The Kier molecular flexibility index (Phi) is 5.13. The summed E-state index contributed by atoms with van der Waals surface area (Å²) in [7, 11) is 3.45. The molecule has 0 atom stereocenters. The van der Waals surface area contributed by atoms with Gasteiger partial charge in [0.1, 0.15) is 0 Å². The van der Waals surface area contributed by atoms with Gasteiger partial charge in [-0.2, -0.15) is 0 Å². The van der Waals surface area contributed by atoms with Crippen molar-refractivity contribution in [2.45, 2.75) is 6.92 Å². The van der Waals surface area contributed by atoms with E-state index in [9.17, 15) is 9.59 Å². The highest BCUT2D eigenvalue weighted by Crippen LogP contribution is 2.09. The van der Waals surface area contributed by atoms with Gasteiger partial charge in [0, 0.05) is 59.2 Å². The van der Waals surface area contributed by atoms with Crippen molar-refractivity contribution in [3.63, 3.8) is 0 Å². The fourth-order valence-corrected chi connectivity index (χ4v) is 2.25. The number of aromatic nitrogens is 2. The monoisotopic (exact) mass is 306 g/mol. The molecule has 0 bridgehead atoms. The van der Waals surface area contributed by atoms with E-state index < -0.39 is 0 Å². The molecule has 0 aromatic carbocycles. The van der Waals surface area contributed by atoms with Crippen molar-refractivity contribution >= 4 is 17.9 Å². The Morgan fingerprint density at radius 3 is 2.18 bits per heavy atom. The van der Waals surface area contributed by atoms with Gasteiger partial charge in [-0.1, -0.05) is 0 Å². The molecular formula is C14H22N6O2. The number of rotatable bonds is 3. The highest BCUT2D eigenvalue weighted by molar-refractivity contribution is 5.93. The number of carbonyl (C=O) groups excluding carboxylic acids is 2. The van der Waals surface area contributed by atoms with Crippen LogP contribution in [0.15, 0.2) is 12.4 Å².